The van der Waals surface area contributed by atoms with E-state index in [1.807, 2.05) is 54.6 Å². The number of hydrogen-bond acceptors (Lipinski definition) is 4. The van der Waals surface area contributed by atoms with E-state index in [9.17, 15) is 4.79 Å². The second kappa shape index (κ2) is 8.64. The molecule has 0 aliphatic carbocycles. The lowest BCUT2D eigenvalue weighted by atomic mass is 10.2. The summed E-state index contributed by atoms with van der Waals surface area (Å²) in [5, 5.41) is 0.475. The quantitative estimate of drug-likeness (QED) is 0.339. The molecule has 4 nitrogen and oxygen atoms in total. The largest absolute Gasteiger partial charge is 0.489 e. The number of benzene rings is 3. The van der Waals surface area contributed by atoms with E-state index < -0.39 is 5.97 Å². The molecule has 0 atom stereocenters. The lowest BCUT2D eigenvalue weighted by Crippen LogP contribution is -2.05. The molecule has 1 heterocycles. The average Bonchev–Trinajstić information content (AvgIpc) is 3.08. The average molecular weight is 469 g/mol. The molecule has 144 valence electrons. The molecule has 0 spiro atoms. The van der Waals surface area contributed by atoms with Gasteiger partial charge in [0.15, 0.2) is 5.70 Å². The van der Waals surface area contributed by atoms with Gasteiger partial charge in [0.1, 0.15) is 12.4 Å². The van der Waals surface area contributed by atoms with E-state index in [0.717, 1.165) is 15.6 Å². The predicted molar refractivity (Wildman–Crippen MR) is 117 cm³/mol. The molecule has 0 fully saturated rings. The summed E-state index contributed by atoms with van der Waals surface area (Å²) in [4.78, 5) is 16.5. The normalized spacial score (nSPS) is 14.6. The molecule has 6 heteroatoms. The van der Waals surface area contributed by atoms with E-state index in [-0.39, 0.29) is 11.6 Å². The van der Waals surface area contributed by atoms with Gasteiger partial charge in [-0.05, 0) is 42.0 Å². The van der Waals surface area contributed by atoms with Crippen molar-refractivity contribution in [2.75, 3.05) is 0 Å². The molecule has 0 radical (unpaired) electrons. The highest BCUT2D eigenvalue weighted by Gasteiger charge is 2.25. The number of aliphatic imine (C=N–C) groups is 1. The summed E-state index contributed by atoms with van der Waals surface area (Å²) in [5.41, 5.74) is 2.62. The molecule has 0 N–H and O–H groups in total. The highest BCUT2D eigenvalue weighted by molar-refractivity contribution is 9.10. The van der Waals surface area contributed by atoms with Crippen LogP contribution in [0.15, 0.2) is 88.0 Å². The Morgan fingerprint density at radius 3 is 2.66 bits per heavy atom. The number of hydrogen-bond donors (Lipinski definition) is 0. The zero-order valence-electron chi connectivity index (χ0n) is 15.1. The van der Waals surface area contributed by atoms with Gasteiger partial charge in [-0.3, -0.25) is 0 Å². The van der Waals surface area contributed by atoms with E-state index in [4.69, 9.17) is 21.1 Å². The fraction of sp³-hybridized carbons (Fsp3) is 0.0435. The summed E-state index contributed by atoms with van der Waals surface area (Å²) in [6, 6.07) is 22.4. The smallest absolute Gasteiger partial charge is 0.363 e. The van der Waals surface area contributed by atoms with Crippen LogP contribution in [0.5, 0.6) is 5.75 Å². The van der Waals surface area contributed by atoms with E-state index >= 15 is 0 Å². The maximum absolute atomic E-state index is 12.2. The van der Waals surface area contributed by atoms with Gasteiger partial charge in [-0.25, -0.2) is 9.79 Å². The Hall–Kier alpha value is -2.89. The number of halogens is 2. The van der Waals surface area contributed by atoms with Crippen molar-refractivity contribution >= 4 is 45.5 Å². The minimum absolute atomic E-state index is 0.202. The minimum atomic E-state index is -0.514. The van der Waals surface area contributed by atoms with Gasteiger partial charge in [0.05, 0.1) is 10.6 Å². The molecular formula is C23H15BrClNO3. The van der Waals surface area contributed by atoms with E-state index in [1.165, 1.54) is 0 Å². The first kappa shape index (κ1) is 19.4. The zero-order valence-corrected chi connectivity index (χ0v) is 17.5. The van der Waals surface area contributed by atoms with Crippen molar-refractivity contribution < 1.29 is 14.3 Å². The molecule has 0 bridgehead atoms. The van der Waals surface area contributed by atoms with Crippen LogP contribution < -0.4 is 4.74 Å². The monoisotopic (exact) mass is 467 g/mol. The molecule has 4 rings (SSSR count). The van der Waals surface area contributed by atoms with Gasteiger partial charge in [0.25, 0.3) is 0 Å². The summed E-state index contributed by atoms with van der Waals surface area (Å²) in [6.07, 6.45) is 1.66. The lowest BCUT2D eigenvalue weighted by molar-refractivity contribution is -0.129. The van der Waals surface area contributed by atoms with E-state index in [2.05, 4.69) is 20.9 Å². The third-order valence-corrected chi connectivity index (χ3v) is 5.34. The van der Waals surface area contributed by atoms with Crippen LogP contribution in [0, 0.1) is 0 Å². The molecular weight excluding hydrogens is 454 g/mol. The Bertz CT molecular complexity index is 1140. The molecule has 0 amide bonds. The van der Waals surface area contributed by atoms with Crippen LogP contribution in [0.2, 0.25) is 5.02 Å². The maximum Gasteiger partial charge on any atom is 0.363 e. The number of rotatable bonds is 5. The summed E-state index contributed by atoms with van der Waals surface area (Å²) in [6.45, 7) is 0.429. The summed E-state index contributed by atoms with van der Waals surface area (Å²) >= 11 is 9.68. The van der Waals surface area contributed by atoms with Crippen LogP contribution in [-0.2, 0) is 16.1 Å². The van der Waals surface area contributed by atoms with Gasteiger partial charge >= 0.3 is 5.97 Å². The fourth-order valence-electron chi connectivity index (χ4n) is 2.79. The van der Waals surface area contributed by atoms with Gasteiger partial charge in [-0.2, -0.15) is 0 Å². The second-order valence-corrected chi connectivity index (χ2v) is 7.53. The standard InChI is InChI=1S/C23H15BrClNO3/c24-19-10-3-1-7-16(19)14-28-17-8-5-6-15(12-17)13-21-23(27)29-22(26-21)18-9-2-4-11-20(18)25/h1-13H,14H2/b21-13-. The molecule has 3 aromatic rings. The minimum Gasteiger partial charge on any atom is -0.489 e. The molecule has 0 aromatic heterocycles. The van der Waals surface area contributed by atoms with Gasteiger partial charge in [-0.1, -0.05) is 70.0 Å². The Labute approximate surface area is 181 Å². The number of carbonyl (C=O) groups is 1. The van der Waals surface area contributed by atoms with Crippen LogP contribution in [0.1, 0.15) is 16.7 Å². The third kappa shape index (κ3) is 4.58. The molecule has 0 saturated carbocycles. The number of cyclic esters (lactones) is 1. The maximum atomic E-state index is 12.2. The van der Waals surface area contributed by atoms with Crippen LogP contribution in [-0.4, -0.2) is 11.9 Å². The van der Waals surface area contributed by atoms with E-state index in [0.29, 0.717) is 22.9 Å². The molecule has 1 aliphatic rings. The van der Waals surface area contributed by atoms with Gasteiger partial charge < -0.3 is 9.47 Å². The highest BCUT2D eigenvalue weighted by Crippen LogP contribution is 2.25. The van der Waals surface area contributed by atoms with Gasteiger partial charge in [0.2, 0.25) is 5.90 Å². The van der Waals surface area contributed by atoms with Gasteiger partial charge in [0, 0.05) is 10.0 Å². The Morgan fingerprint density at radius 1 is 1.03 bits per heavy atom. The molecule has 0 unspecified atom stereocenters. The van der Waals surface area contributed by atoms with Crippen molar-refractivity contribution in [3.8, 4) is 5.75 Å². The van der Waals surface area contributed by atoms with Crippen molar-refractivity contribution in [1.82, 2.24) is 0 Å². The Kier molecular flexibility index (Phi) is 5.79. The number of ether oxygens (including phenoxy) is 2. The predicted octanol–water partition coefficient (Wildman–Crippen LogP) is 6.03. The van der Waals surface area contributed by atoms with Crippen LogP contribution in [0.4, 0.5) is 0 Å². The number of nitrogens with zero attached hydrogens (tertiary/aromatic N) is 1. The summed E-state index contributed by atoms with van der Waals surface area (Å²) in [7, 11) is 0. The second-order valence-electron chi connectivity index (χ2n) is 6.27. The molecule has 0 saturated heterocycles. The van der Waals surface area contributed by atoms with Crippen LogP contribution >= 0.6 is 27.5 Å². The number of esters is 1. The highest BCUT2D eigenvalue weighted by atomic mass is 79.9. The van der Waals surface area contributed by atoms with Crippen molar-refractivity contribution in [2.45, 2.75) is 6.61 Å². The van der Waals surface area contributed by atoms with Gasteiger partial charge in [-0.15, -0.1) is 0 Å². The first-order valence-corrected chi connectivity index (χ1v) is 10.0. The van der Waals surface area contributed by atoms with Crippen LogP contribution in [0.3, 0.4) is 0 Å². The molecule has 3 aromatic carbocycles. The third-order valence-electron chi connectivity index (χ3n) is 4.24. The molecule has 29 heavy (non-hydrogen) atoms. The van der Waals surface area contributed by atoms with Crippen LogP contribution in [0.25, 0.3) is 6.08 Å². The van der Waals surface area contributed by atoms with Crippen molar-refractivity contribution in [1.29, 1.82) is 0 Å². The lowest BCUT2D eigenvalue weighted by Gasteiger charge is -2.08. The summed E-state index contributed by atoms with van der Waals surface area (Å²) < 4.78 is 12.2. The Morgan fingerprint density at radius 2 is 1.83 bits per heavy atom. The topological polar surface area (TPSA) is 47.9 Å². The summed E-state index contributed by atoms with van der Waals surface area (Å²) in [5.74, 6) is 0.379. The number of carbonyl (C=O) groups excluding carboxylic acids is 1. The first-order valence-electron chi connectivity index (χ1n) is 8.84. The first-order chi connectivity index (χ1) is 14.1. The molecule has 1 aliphatic heterocycles. The van der Waals surface area contributed by atoms with Crippen molar-refractivity contribution in [3.05, 3.63) is 105 Å². The Balaban J connectivity index is 1.54. The SMILES string of the molecule is O=C1OC(c2ccccc2Cl)=N/C1=C\c1cccc(OCc2ccccc2Br)c1. The zero-order chi connectivity index (χ0) is 20.2. The fourth-order valence-corrected chi connectivity index (χ4v) is 3.40. The van der Waals surface area contributed by atoms with Crippen molar-refractivity contribution in [3.63, 3.8) is 0 Å². The van der Waals surface area contributed by atoms with E-state index in [1.54, 1.807) is 24.3 Å². The van der Waals surface area contributed by atoms with Crippen molar-refractivity contribution in [2.24, 2.45) is 4.99 Å².